The maximum absolute atomic E-state index is 12.7. The molecule has 0 saturated carbocycles. The highest BCUT2D eigenvalue weighted by molar-refractivity contribution is 7.85. The lowest BCUT2D eigenvalue weighted by Gasteiger charge is -2.40. The maximum atomic E-state index is 12.7. The van der Waals surface area contributed by atoms with Crippen LogP contribution in [0.15, 0.2) is 12.2 Å². The van der Waals surface area contributed by atoms with Gasteiger partial charge in [0.1, 0.15) is 36.8 Å². The van der Waals surface area contributed by atoms with E-state index in [1.54, 1.807) is 0 Å². The molecule has 1 saturated heterocycles. The fraction of sp³-hybridized carbons (Fsp3) is 0.889. The number of esters is 2. The quantitative estimate of drug-likeness (QED) is 0.0296. The van der Waals surface area contributed by atoms with Crippen molar-refractivity contribution in [2.75, 3.05) is 19.0 Å². The van der Waals surface area contributed by atoms with Gasteiger partial charge < -0.3 is 34.3 Å². The molecule has 1 aliphatic rings. The molecule has 0 aromatic heterocycles. The second-order valence-electron chi connectivity index (χ2n) is 13.2. The van der Waals surface area contributed by atoms with E-state index in [9.17, 15) is 37.9 Å². The van der Waals surface area contributed by atoms with Crippen LogP contribution in [0.1, 0.15) is 149 Å². The molecule has 4 N–H and O–H groups in total. The van der Waals surface area contributed by atoms with Crippen LogP contribution < -0.4 is 0 Å². The normalized spacial score (nSPS) is 22.0. The first-order valence-corrected chi connectivity index (χ1v) is 20.4. The van der Waals surface area contributed by atoms with Gasteiger partial charge in [-0.2, -0.15) is 8.42 Å². The van der Waals surface area contributed by atoms with Gasteiger partial charge in [-0.3, -0.25) is 14.1 Å². The number of unbranched alkanes of at least 4 members (excludes halogenated alkanes) is 16. The lowest BCUT2D eigenvalue weighted by atomic mass is 10.00. The van der Waals surface area contributed by atoms with Crippen LogP contribution in [0.4, 0.5) is 0 Å². The first-order chi connectivity index (χ1) is 23.5. The summed E-state index contributed by atoms with van der Waals surface area (Å²) in [6.45, 7) is 3.66. The molecule has 0 aliphatic carbocycles. The van der Waals surface area contributed by atoms with Crippen molar-refractivity contribution in [1.29, 1.82) is 0 Å². The summed E-state index contributed by atoms with van der Waals surface area (Å²) in [5.41, 5.74) is 0. The standard InChI is InChI=1S/C36H66O12S/c1-3-5-7-9-11-13-14-15-16-17-19-21-23-25-32(38)47-29(26-45-31(37)24-22-20-18-12-10-8-6-4-2)27-46-36-35(41)34(40)33(39)30(48-36)28-49(42,43)44/h13-14,29-30,33-36,39-41H,3-12,15-28H2,1-2H3,(H,42,43,44)/b14-13+/t29-,30-,33-,34?,35?,36+/m1/s1. The Hall–Kier alpha value is -1.61. The van der Waals surface area contributed by atoms with Crippen LogP contribution >= 0.6 is 0 Å². The zero-order valence-electron chi connectivity index (χ0n) is 30.1. The van der Waals surface area contributed by atoms with Gasteiger partial charge in [0, 0.05) is 12.8 Å². The largest absolute Gasteiger partial charge is 0.462 e. The number of aliphatic hydroxyl groups excluding tert-OH is 3. The Morgan fingerprint density at radius 1 is 0.673 bits per heavy atom. The fourth-order valence-electron chi connectivity index (χ4n) is 5.61. The Kier molecular flexibility index (Phi) is 26.0. The third-order valence-corrected chi connectivity index (χ3v) is 9.35. The highest BCUT2D eigenvalue weighted by Crippen LogP contribution is 2.24. The molecule has 288 valence electrons. The van der Waals surface area contributed by atoms with Crippen molar-refractivity contribution < 1.29 is 56.8 Å². The average molecular weight is 723 g/mol. The van der Waals surface area contributed by atoms with E-state index >= 15 is 0 Å². The molecule has 0 spiro atoms. The predicted molar refractivity (Wildman–Crippen MR) is 187 cm³/mol. The Bertz CT molecular complexity index is 989. The van der Waals surface area contributed by atoms with Gasteiger partial charge in [-0.25, -0.2) is 0 Å². The van der Waals surface area contributed by atoms with Crippen molar-refractivity contribution >= 4 is 22.1 Å². The minimum atomic E-state index is -4.59. The summed E-state index contributed by atoms with van der Waals surface area (Å²) >= 11 is 0. The smallest absolute Gasteiger partial charge is 0.306 e. The van der Waals surface area contributed by atoms with Gasteiger partial charge in [0.25, 0.3) is 10.1 Å². The van der Waals surface area contributed by atoms with E-state index in [1.807, 2.05) is 0 Å². The second-order valence-corrected chi connectivity index (χ2v) is 14.7. The Labute approximate surface area is 295 Å². The molecular weight excluding hydrogens is 656 g/mol. The Balaban J connectivity index is 2.55. The van der Waals surface area contributed by atoms with E-state index < -0.39 is 71.2 Å². The van der Waals surface area contributed by atoms with E-state index in [-0.39, 0.29) is 19.4 Å². The van der Waals surface area contributed by atoms with Gasteiger partial charge >= 0.3 is 11.9 Å². The van der Waals surface area contributed by atoms with Crippen molar-refractivity contribution in [1.82, 2.24) is 0 Å². The highest BCUT2D eigenvalue weighted by Gasteiger charge is 2.46. The first kappa shape index (κ1) is 45.4. The summed E-state index contributed by atoms with van der Waals surface area (Å²) < 4.78 is 53.7. The molecule has 13 heteroatoms. The number of rotatable bonds is 30. The summed E-state index contributed by atoms with van der Waals surface area (Å²) in [6, 6.07) is 0. The van der Waals surface area contributed by atoms with Crippen LogP contribution in [0.2, 0.25) is 0 Å². The number of hydrogen-bond donors (Lipinski definition) is 4. The van der Waals surface area contributed by atoms with Crippen LogP contribution in [-0.2, 0) is 38.7 Å². The summed E-state index contributed by atoms with van der Waals surface area (Å²) in [5.74, 6) is -2.00. The van der Waals surface area contributed by atoms with Crippen LogP contribution in [0.5, 0.6) is 0 Å². The van der Waals surface area contributed by atoms with Gasteiger partial charge in [-0.1, -0.05) is 109 Å². The minimum Gasteiger partial charge on any atom is -0.462 e. The van der Waals surface area contributed by atoms with Crippen molar-refractivity contribution in [2.45, 2.75) is 185 Å². The van der Waals surface area contributed by atoms with Crippen LogP contribution in [0.25, 0.3) is 0 Å². The molecule has 49 heavy (non-hydrogen) atoms. The second kappa shape index (κ2) is 28.0. The molecule has 0 aromatic rings. The highest BCUT2D eigenvalue weighted by atomic mass is 32.2. The lowest BCUT2D eigenvalue weighted by molar-refractivity contribution is -0.297. The summed E-state index contributed by atoms with van der Waals surface area (Å²) in [7, 11) is -4.59. The minimum absolute atomic E-state index is 0.157. The lowest BCUT2D eigenvalue weighted by Crippen LogP contribution is -2.60. The Morgan fingerprint density at radius 2 is 1.16 bits per heavy atom. The third-order valence-electron chi connectivity index (χ3n) is 8.60. The van der Waals surface area contributed by atoms with Crippen molar-refractivity contribution in [3.05, 3.63) is 12.2 Å². The molecule has 0 aromatic carbocycles. The van der Waals surface area contributed by atoms with E-state index in [1.165, 1.54) is 51.4 Å². The van der Waals surface area contributed by atoms with Gasteiger partial charge in [0.05, 0.1) is 6.61 Å². The molecule has 1 rings (SSSR count). The number of carbonyl (C=O) groups is 2. The van der Waals surface area contributed by atoms with Crippen molar-refractivity contribution in [3.63, 3.8) is 0 Å². The number of ether oxygens (including phenoxy) is 4. The molecule has 1 fully saturated rings. The van der Waals surface area contributed by atoms with Gasteiger partial charge in [-0.05, 0) is 38.5 Å². The summed E-state index contributed by atoms with van der Waals surface area (Å²) in [6.07, 6.45) is 15.8. The molecule has 1 heterocycles. The van der Waals surface area contributed by atoms with E-state index in [2.05, 4.69) is 26.0 Å². The topological polar surface area (TPSA) is 186 Å². The van der Waals surface area contributed by atoms with Gasteiger partial charge in [0.15, 0.2) is 12.4 Å². The fourth-order valence-corrected chi connectivity index (χ4v) is 6.30. The molecule has 12 nitrogen and oxygen atoms in total. The average Bonchev–Trinajstić information content (AvgIpc) is 3.05. The number of hydrogen-bond acceptors (Lipinski definition) is 11. The number of carbonyl (C=O) groups excluding carboxylic acids is 2. The van der Waals surface area contributed by atoms with Gasteiger partial charge in [-0.15, -0.1) is 0 Å². The first-order valence-electron chi connectivity index (χ1n) is 18.7. The SMILES string of the molecule is CCCCCC/C=C/CCCCCCCC(=O)O[C@H](COC(=O)CCCCCCCCCC)CO[C@H]1O[C@H](CS(=O)(=O)O)[C@@H](O)C(O)C1O. The monoisotopic (exact) mass is 722 g/mol. The molecule has 0 amide bonds. The Morgan fingerprint density at radius 3 is 1.71 bits per heavy atom. The molecule has 6 atom stereocenters. The van der Waals surface area contributed by atoms with Crippen LogP contribution in [0, 0.1) is 0 Å². The molecule has 0 radical (unpaired) electrons. The van der Waals surface area contributed by atoms with E-state index in [0.29, 0.717) is 12.8 Å². The molecular formula is C36H66O12S. The van der Waals surface area contributed by atoms with E-state index in [4.69, 9.17) is 18.9 Å². The van der Waals surface area contributed by atoms with Crippen molar-refractivity contribution in [3.8, 4) is 0 Å². The number of aliphatic hydroxyl groups is 3. The molecule has 1 aliphatic heterocycles. The summed E-state index contributed by atoms with van der Waals surface area (Å²) in [5, 5.41) is 30.7. The maximum Gasteiger partial charge on any atom is 0.306 e. The van der Waals surface area contributed by atoms with Gasteiger partial charge in [0.2, 0.25) is 0 Å². The molecule has 0 bridgehead atoms. The van der Waals surface area contributed by atoms with Crippen LogP contribution in [0.3, 0.4) is 0 Å². The zero-order valence-corrected chi connectivity index (χ0v) is 30.9. The zero-order chi connectivity index (χ0) is 36.3. The predicted octanol–water partition coefficient (Wildman–Crippen LogP) is 5.94. The number of allylic oxidation sites excluding steroid dienone is 2. The molecule has 2 unspecified atom stereocenters. The van der Waals surface area contributed by atoms with Crippen LogP contribution in [-0.4, -0.2) is 96.0 Å². The van der Waals surface area contributed by atoms with Crippen molar-refractivity contribution in [2.24, 2.45) is 0 Å². The summed E-state index contributed by atoms with van der Waals surface area (Å²) in [4.78, 5) is 25.1. The third kappa shape index (κ3) is 23.5. The van der Waals surface area contributed by atoms with E-state index in [0.717, 1.165) is 57.8 Å².